The quantitative estimate of drug-likeness (QED) is 0.922. The molecule has 1 aromatic rings. The summed E-state index contributed by atoms with van der Waals surface area (Å²) in [5.41, 5.74) is 1.13. The first-order valence-corrected chi connectivity index (χ1v) is 6.67. The van der Waals surface area contributed by atoms with Crippen LogP contribution in [0.15, 0.2) is 28.7 Å². The highest BCUT2D eigenvalue weighted by Crippen LogP contribution is 2.16. The van der Waals surface area contributed by atoms with Crippen molar-refractivity contribution >= 4 is 15.9 Å². The minimum atomic E-state index is -0.438. The maximum Gasteiger partial charge on any atom is 0.0964 e. The first-order valence-electron chi connectivity index (χ1n) is 5.88. The van der Waals surface area contributed by atoms with Crippen LogP contribution in [0.1, 0.15) is 5.56 Å². The van der Waals surface area contributed by atoms with Gasteiger partial charge in [0.2, 0.25) is 0 Å². The molecule has 0 spiro atoms. The van der Waals surface area contributed by atoms with Gasteiger partial charge in [-0.2, -0.15) is 0 Å². The Morgan fingerprint density at radius 3 is 3.12 bits per heavy atom. The van der Waals surface area contributed by atoms with E-state index < -0.39 is 6.10 Å². The lowest BCUT2D eigenvalue weighted by Gasteiger charge is -2.33. The molecule has 17 heavy (non-hydrogen) atoms. The van der Waals surface area contributed by atoms with Crippen LogP contribution in [-0.4, -0.2) is 49.0 Å². The predicted molar refractivity (Wildman–Crippen MR) is 71.1 cm³/mol. The largest absolute Gasteiger partial charge is 0.390 e. The summed E-state index contributed by atoms with van der Waals surface area (Å²) in [7, 11) is 2.06. The molecule has 1 heterocycles. The van der Waals surface area contributed by atoms with Crippen LogP contribution in [0, 0.1) is 0 Å². The third-order valence-corrected chi connectivity index (χ3v) is 3.55. The second kappa shape index (κ2) is 5.96. The summed E-state index contributed by atoms with van der Waals surface area (Å²) in [4.78, 5) is 2.19. The van der Waals surface area contributed by atoms with Crippen molar-refractivity contribution in [2.75, 3.05) is 26.7 Å². The second-order valence-electron chi connectivity index (χ2n) is 4.57. The molecule has 0 radical (unpaired) electrons. The first kappa shape index (κ1) is 13.0. The van der Waals surface area contributed by atoms with E-state index in [0.29, 0.717) is 13.0 Å². The molecule has 0 aromatic heterocycles. The molecule has 4 heteroatoms. The Kier molecular flexibility index (Phi) is 4.56. The van der Waals surface area contributed by atoms with Gasteiger partial charge in [0, 0.05) is 24.0 Å². The van der Waals surface area contributed by atoms with Gasteiger partial charge < -0.3 is 14.7 Å². The summed E-state index contributed by atoms with van der Waals surface area (Å²) in [5.74, 6) is 0. The molecule has 1 saturated heterocycles. The van der Waals surface area contributed by atoms with E-state index in [4.69, 9.17) is 4.74 Å². The van der Waals surface area contributed by atoms with E-state index in [0.717, 1.165) is 23.1 Å². The molecule has 2 unspecified atom stereocenters. The third kappa shape index (κ3) is 3.78. The molecule has 3 nitrogen and oxygen atoms in total. The van der Waals surface area contributed by atoms with Gasteiger partial charge in [-0.3, -0.25) is 0 Å². The number of hydrogen-bond donors (Lipinski definition) is 1. The monoisotopic (exact) mass is 299 g/mol. The van der Waals surface area contributed by atoms with Crippen LogP contribution < -0.4 is 0 Å². The number of morpholine rings is 1. The Balaban J connectivity index is 1.94. The number of rotatable bonds is 3. The maximum absolute atomic E-state index is 10.2. The number of likely N-dealkylation sites (N-methyl/N-ethyl adjacent to an activating group) is 1. The van der Waals surface area contributed by atoms with E-state index in [2.05, 4.69) is 27.9 Å². The zero-order valence-electron chi connectivity index (χ0n) is 9.97. The fourth-order valence-electron chi connectivity index (χ4n) is 2.08. The molecular formula is C13H18BrNO2. The van der Waals surface area contributed by atoms with Crippen LogP contribution in [0.5, 0.6) is 0 Å². The standard InChI is InChI=1S/C13H18BrNO2/c1-15-5-6-17-13(9-15)12(16)8-10-3-2-4-11(14)7-10/h2-4,7,12-13,16H,5-6,8-9H2,1H3. The Morgan fingerprint density at radius 1 is 1.59 bits per heavy atom. The van der Waals surface area contributed by atoms with E-state index in [1.807, 2.05) is 24.3 Å². The highest BCUT2D eigenvalue weighted by atomic mass is 79.9. The van der Waals surface area contributed by atoms with E-state index in [1.54, 1.807) is 0 Å². The number of halogens is 1. The van der Waals surface area contributed by atoms with Crippen molar-refractivity contribution in [3.63, 3.8) is 0 Å². The van der Waals surface area contributed by atoms with Crippen molar-refractivity contribution in [2.45, 2.75) is 18.6 Å². The maximum atomic E-state index is 10.2. The lowest BCUT2D eigenvalue weighted by atomic mass is 10.0. The number of hydrogen-bond acceptors (Lipinski definition) is 3. The molecule has 94 valence electrons. The number of aliphatic hydroxyl groups excluding tert-OH is 1. The molecule has 0 aliphatic carbocycles. The molecular weight excluding hydrogens is 282 g/mol. The SMILES string of the molecule is CN1CCOC(C(O)Cc2cccc(Br)c2)C1. The lowest BCUT2D eigenvalue weighted by Crippen LogP contribution is -2.46. The molecule has 1 fully saturated rings. The van der Waals surface area contributed by atoms with Crippen molar-refractivity contribution < 1.29 is 9.84 Å². The minimum absolute atomic E-state index is 0.0762. The van der Waals surface area contributed by atoms with Crippen molar-refractivity contribution in [3.8, 4) is 0 Å². The topological polar surface area (TPSA) is 32.7 Å². The van der Waals surface area contributed by atoms with Crippen molar-refractivity contribution in [3.05, 3.63) is 34.3 Å². The van der Waals surface area contributed by atoms with Crippen LogP contribution in [-0.2, 0) is 11.2 Å². The summed E-state index contributed by atoms with van der Waals surface area (Å²) in [6, 6.07) is 8.04. The number of benzene rings is 1. The second-order valence-corrected chi connectivity index (χ2v) is 5.49. The van der Waals surface area contributed by atoms with Crippen LogP contribution >= 0.6 is 15.9 Å². The number of ether oxygens (including phenoxy) is 1. The zero-order valence-corrected chi connectivity index (χ0v) is 11.6. The van der Waals surface area contributed by atoms with Crippen molar-refractivity contribution in [1.29, 1.82) is 0 Å². The van der Waals surface area contributed by atoms with Gasteiger partial charge in [0.05, 0.1) is 18.8 Å². The van der Waals surface area contributed by atoms with E-state index in [9.17, 15) is 5.11 Å². The van der Waals surface area contributed by atoms with E-state index >= 15 is 0 Å². The fraction of sp³-hybridized carbons (Fsp3) is 0.538. The summed E-state index contributed by atoms with van der Waals surface area (Å²) < 4.78 is 6.65. The van der Waals surface area contributed by atoms with Crippen LogP contribution in [0.2, 0.25) is 0 Å². The summed E-state index contributed by atoms with van der Waals surface area (Å²) in [6.45, 7) is 2.45. The average molecular weight is 300 g/mol. The Labute approximate surface area is 111 Å². The highest BCUT2D eigenvalue weighted by molar-refractivity contribution is 9.10. The summed E-state index contributed by atoms with van der Waals surface area (Å²) >= 11 is 3.44. The van der Waals surface area contributed by atoms with Gasteiger partial charge in [0.25, 0.3) is 0 Å². The highest BCUT2D eigenvalue weighted by Gasteiger charge is 2.25. The van der Waals surface area contributed by atoms with E-state index in [-0.39, 0.29) is 6.10 Å². The van der Waals surface area contributed by atoms with Gasteiger partial charge in [-0.25, -0.2) is 0 Å². The zero-order chi connectivity index (χ0) is 12.3. The third-order valence-electron chi connectivity index (χ3n) is 3.06. The number of aliphatic hydroxyl groups is 1. The molecule has 1 aromatic carbocycles. The predicted octanol–water partition coefficient (Wildman–Crippen LogP) is 1.68. The van der Waals surface area contributed by atoms with Gasteiger partial charge in [-0.1, -0.05) is 28.1 Å². The molecule has 0 bridgehead atoms. The molecule has 0 amide bonds. The lowest BCUT2D eigenvalue weighted by molar-refractivity contribution is -0.0823. The molecule has 1 N–H and O–H groups in total. The van der Waals surface area contributed by atoms with Crippen LogP contribution in [0.4, 0.5) is 0 Å². The smallest absolute Gasteiger partial charge is 0.0964 e. The van der Waals surface area contributed by atoms with Gasteiger partial charge in [0.1, 0.15) is 0 Å². The summed E-state index contributed by atoms with van der Waals surface area (Å²) in [5, 5.41) is 10.2. The molecule has 2 atom stereocenters. The first-order chi connectivity index (χ1) is 8.15. The Hall–Kier alpha value is -0.420. The minimum Gasteiger partial charge on any atom is -0.390 e. The van der Waals surface area contributed by atoms with Crippen molar-refractivity contribution in [1.82, 2.24) is 4.90 Å². The average Bonchev–Trinajstić information content (AvgIpc) is 2.29. The van der Waals surface area contributed by atoms with Crippen LogP contribution in [0.3, 0.4) is 0 Å². The van der Waals surface area contributed by atoms with Gasteiger partial charge in [0.15, 0.2) is 0 Å². The van der Waals surface area contributed by atoms with Gasteiger partial charge in [-0.15, -0.1) is 0 Å². The molecule has 0 saturated carbocycles. The Bertz CT molecular complexity index is 372. The van der Waals surface area contributed by atoms with Gasteiger partial charge in [-0.05, 0) is 24.7 Å². The fourth-order valence-corrected chi connectivity index (χ4v) is 2.53. The van der Waals surface area contributed by atoms with E-state index in [1.165, 1.54) is 0 Å². The molecule has 2 rings (SSSR count). The number of nitrogens with zero attached hydrogens (tertiary/aromatic N) is 1. The normalized spacial score (nSPS) is 23.6. The van der Waals surface area contributed by atoms with Crippen LogP contribution in [0.25, 0.3) is 0 Å². The molecule has 1 aliphatic rings. The summed E-state index contributed by atoms with van der Waals surface area (Å²) in [6.07, 6.45) is 0.123. The molecule has 1 aliphatic heterocycles. The van der Waals surface area contributed by atoms with Crippen molar-refractivity contribution in [2.24, 2.45) is 0 Å². The van der Waals surface area contributed by atoms with Gasteiger partial charge >= 0.3 is 0 Å². The Morgan fingerprint density at radius 2 is 2.41 bits per heavy atom.